The van der Waals surface area contributed by atoms with Crippen molar-refractivity contribution in [2.75, 3.05) is 72.5 Å². The molecule has 23 nitrogen and oxygen atoms in total. The number of carboxylic acids is 2. The molecule has 0 aromatic heterocycles. The number of phenolic OH excluding ortho intramolecular Hbond substituents is 1. The van der Waals surface area contributed by atoms with Crippen molar-refractivity contribution in [2.24, 2.45) is 39.9 Å². The highest BCUT2D eigenvalue weighted by atomic mass is 16.5. The fraction of sp³-hybridized carbons (Fsp3) is 0.733. The Hall–Kier alpha value is -5.88. The zero-order chi connectivity index (χ0) is 62.0. The molecule has 0 aliphatic rings. The van der Waals surface area contributed by atoms with Crippen molar-refractivity contribution in [3.8, 4) is 5.75 Å². The highest BCUT2D eigenvalue weighted by molar-refractivity contribution is 5.93. The lowest BCUT2D eigenvalue weighted by Crippen LogP contribution is -2.52. The summed E-state index contributed by atoms with van der Waals surface area (Å²) in [5.41, 5.74) is 17.3. The van der Waals surface area contributed by atoms with Crippen molar-refractivity contribution < 1.29 is 77.4 Å². The van der Waals surface area contributed by atoms with Gasteiger partial charge in [0.05, 0.1) is 64.1 Å². The summed E-state index contributed by atoms with van der Waals surface area (Å²) < 4.78 is 21.7. The maximum Gasteiger partial charge on any atom is 0.306 e. The van der Waals surface area contributed by atoms with Crippen LogP contribution in [0.25, 0.3) is 0 Å². The van der Waals surface area contributed by atoms with Crippen LogP contribution in [0.2, 0.25) is 0 Å². The number of rotatable bonds is 54. The van der Waals surface area contributed by atoms with E-state index in [9.17, 15) is 53.4 Å². The molecule has 0 aliphatic heterocycles. The molecule has 3 amide bonds. The summed E-state index contributed by atoms with van der Waals surface area (Å²) in [7, 11) is 0. The minimum Gasteiger partial charge on any atom is -0.508 e. The third-order valence-corrected chi connectivity index (χ3v) is 13.7. The first-order valence-corrected chi connectivity index (χ1v) is 30.0. The van der Waals surface area contributed by atoms with E-state index in [1.807, 2.05) is 6.92 Å². The number of carboxylic acid groups (broad SMARTS) is 2. The van der Waals surface area contributed by atoms with Gasteiger partial charge in [-0.2, -0.15) is 0 Å². The molecule has 0 bridgehead atoms. The molecule has 0 aliphatic carbocycles. The Balaban J connectivity index is 0.00000389. The Morgan fingerprint density at radius 3 is 1.72 bits per heavy atom. The number of aliphatic carboxylic acids is 2. The minimum atomic E-state index is -1.08. The van der Waals surface area contributed by atoms with Gasteiger partial charge in [0.2, 0.25) is 17.7 Å². The zero-order valence-corrected chi connectivity index (χ0v) is 50.3. The first-order valence-electron chi connectivity index (χ1n) is 30.0. The SMILES string of the molecule is CCCCCCC(=O)C[C@@H](CCC(=O)NCCOCCOCC(=O)CCCOCCOCC(=O)N[C@H](C(=O)CN[C@@H](CN=C(N)N)C(=O)C[C@@H](Cc1ccc(O)cc1)C(N)=O)[C@@H](C)CC)C(=O)O.CCCCCCCCCCCCC(=O)O. The van der Waals surface area contributed by atoms with Crippen LogP contribution in [0.5, 0.6) is 5.75 Å². The highest BCUT2D eigenvalue weighted by Crippen LogP contribution is 2.19. The summed E-state index contributed by atoms with van der Waals surface area (Å²) in [6.07, 6.45) is 18.1. The lowest BCUT2D eigenvalue weighted by molar-refractivity contribution is -0.144. The number of guanidine groups is 1. The van der Waals surface area contributed by atoms with Crippen molar-refractivity contribution in [2.45, 2.75) is 194 Å². The number of carbonyl (C=O) groups excluding carboxylic acids is 7. The number of benzene rings is 1. The standard InChI is InChI=1S/C47H77N7O14.C13H26O2/c1-4-6-7-8-10-37(56)26-34(46(63)64)14-17-42(60)51-18-20-66-22-23-67-30-38(57)11-9-19-65-21-24-68-31-43(61)54-44(32(3)5-2)41(59)29-52-39(28-53-47(49)50)40(58)27-35(45(48)62)25-33-12-15-36(55)16-13-33;1-2-3-4-5-6-7-8-9-10-11-12-13(14)15/h12-13,15-16,32,34-35,39,44,52,55H,4-11,14,17-31H2,1-3H3,(H2,48,62)(H,51,60)(H,54,61)(H,63,64)(H4,49,50,53);2-12H2,1H3,(H,14,15)/t32-,34+,35+,39-,44-;/m0./s1. The molecule has 474 valence electrons. The molecule has 1 rings (SSSR count). The summed E-state index contributed by atoms with van der Waals surface area (Å²) in [6.45, 7) is 8.30. The Morgan fingerprint density at radius 2 is 1.14 bits per heavy atom. The molecule has 1 aromatic rings. The molecule has 1 aromatic carbocycles. The Kier molecular flexibility index (Phi) is 47.0. The number of nitrogens with zero attached hydrogens (tertiary/aromatic N) is 1. The second-order valence-electron chi connectivity index (χ2n) is 21.0. The van der Waals surface area contributed by atoms with Crippen LogP contribution in [0.15, 0.2) is 29.3 Å². The van der Waals surface area contributed by atoms with Gasteiger partial charge in [-0.3, -0.25) is 53.5 Å². The molecule has 0 heterocycles. The monoisotopic (exact) mass is 1180 g/mol. The van der Waals surface area contributed by atoms with E-state index in [0.717, 1.165) is 38.5 Å². The molecular weight excluding hydrogens is 1070 g/mol. The number of unbranched alkanes of at least 4 members (excludes halogenated alkanes) is 12. The third kappa shape index (κ3) is 44.3. The first kappa shape index (κ1) is 77.1. The highest BCUT2D eigenvalue weighted by Gasteiger charge is 2.30. The van der Waals surface area contributed by atoms with E-state index in [-0.39, 0.29) is 146 Å². The van der Waals surface area contributed by atoms with Gasteiger partial charge in [-0.1, -0.05) is 123 Å². The van der Waals surface area contributed by atoms with Gasteiger partial charge in [0.1, 0.15) is 24.7 Å². The van der Waals surface area contributed by atoms with Crippen LogP contribution in [-0.4, -0.2) is 159 Å². The average molecular weight is 1180 g/mol. The molecule has 0 fully saturated rings. The molecular formula is C60H103N7O16. The molecule has 0 unspecified atom stereocenters. The van der Waals surface area contributed by atoms with Gasteiger partial charge in [-0.15, -0.1) is 0 Å². The maximum absolute atomic E-state index is 13.4. The largest absolute Gasteiger partial charge is 0.508 e. The molecule has 0 saturated heterocycles. The second-order valence-corrected chi connectivity index (χ2v) is 21.0. The van der Waals surface area contributed by atoms with Crippen LogP contribution in [0, 0.1) is 17.8 Å². The second kappa shape index (κ2) is 50.6. The number of ether oxygens (including phenoxy) is 4. The summed E-state index contributed by atoms with van der Waals surface area (Å²) in [5.74, 6) is -6.63. The number of phenols is 1. The number of ketones is 4. The fourth-order valence-electron chi connectivity index (χ4n) is 8.47. The van der Waals surface area contributed by atoms with Gasteiger partial charge in [-0.25, -0.2) is 0 Å². The molecule has 23 heteroatoms. The number of primary amides is 1. The van der Waals surface area contributed by atoms with E-state index >= 15 is 0 Å². The average Bonchev–Trinajstić information content (AvgIpc) is 3.45. The number of aliphatic imine (C=N–C) groups is 1. The van der Waals surface area contributed by atoms with Crippen molar-refractivity contribution in [1.29, 1.82) is 0 Å². The van der Waals surface area contributed by atoms with Gasteiger partial charge < -0.3 is 62.1 Å². The topological polar surface area (TPSA) is 378 Å². The van der Waals surface area contributed by atoms with Crippen LogP contribution < -0.4 is 33.2 Å². The number of nitrogens with one attached hydrogen (secondary N) is 3. The number of nitrogens with two attached hydrogens (primary N) is 3. The maximum atomic E-state index is 13.4. The first-order chi connectivity index (χ1) is 39.7. The number of Topliss-reactive ketones (excluding diaryl/α,β-unsaturated/α-hetero) is 4. The van der Waals surface area contributed by atoms with E-state index in [1.165, 1.54) is 63.5 Å². The van der Waals surface area contributed by atoms with Gasteiger partial charge >= 0.3 is 11.9 Å². The number of aromatic hydroxyl groups is 1. The van der Waals surface area contributed by atoms with Gasteiger partial charge in [0, 0.05) is 57.6 Å². The smallest absolute Gasteiger partial charge is 0.306 e. The molecule has 83 heavy (non-hydrogen) atoms. The van der Waals surface area contributed by atoms with Crippen LogP contribution >= 0.6 is 0 Å². The van der Waals surface area contributed by atoms with E-state index < -0.39 is 59.2 Å². The van der Waals surface area contributed by atoms with Crippen LogP contribution in [0.4, 0.5) is 0 Å². The summed E-state index contributed by atoms with van der Waals surface area (Å²) in [5, 5.41) is 35.7. The lowest BCUT2D eigenvalue weighted by Gasteiger charge is -2.25. The van der Waals surface area contributed by atoms with Crippen LogP contribution in [0.3, 0.4) is 0 Å². The number of amides is 3. The number of hydrogen-bond donors (Lipinski definition) is 9. The predicted octanol–water partition coefficient (Wildman–Crippen LogP) is 5.65. The predicted molar refractivity (Wildman–Crippen MR) is 316 cm³/mol. The summed E-state index contributed by atoms with van der Waals surface area (Å²) in [6, 6.07) is 4.19. The fourth-order valence-corrected chi connectivity index (χ4v) is 8.47. The van der Waals surface area contributed by atoms with Crippen molar-refractivity contribution in [3.63, 3.8) is 0 Å². The van der Waals surface area contributed by atoms with Crippen LogP contribution in [-0.2, 0) is 68.5 Å². The van der Waals surface area contributed by atoms with E-state index in [1.54, 1.807) is 19.1 Å². The van der Waals surface area contributed by atoms with Crippen LogP contribution in [0.1, 0.15) is 181 Å². The molecule has 5 atom stereocenters. The Bertz CT molecular complexity index is 2020. The number of hydrogen-bond acceptors (Lipinski definition) is 16. The lowest BCUT2D eigenvalue weighted by atomic mass is 9.91. The molecule has 0 radical (unpaired) electrons. The van der Waals surface area contributed by atoms with Gasteiger partial charge in [0.15, 0.2) is 23.3 Å². The number of carbonyl (C=O) groups is 9. The Labute approximate surface area is 492 Å². The van der Waals surface area contributed by atoms with Gasteiger partial charge in [-0.05, 0) is 55.7 Å². The summed E-state index contributed by atoms with van der Waals surface area (Å²) in [4.78, 5) is 114. The third-order valence-electron chi connectivity index (χ3n) is 13.7. The normalized spacial score (nSPS) is 12.8. The van der Waals surface area contributed by atoms with Crippen molar-refractivity contribution in [1.82, 2.24) is 16.0 Å². The van der Waals surface area contributed by atoms with Gasteiger partial charge in [0.25, 0.3) is 0 Å². The zero-order valence-electron chi connectivity index (χ0n) is 50.3. The van der Waals surface area contributed by atoms with E-state index in [4.69, 9.17) is 41.3 Å². The molecule has 0 saturated carbocycles. The minimum absolute atomic E-state index is 0.0107. The van der Waals surface area contributed by atoms with E-state index in [2.05, 4.69) is 34.8 Å². The van der Waals surface area contributed by atoms with Crippen molar-refractivity contribution in [3.05, 3.63) is 29.8 Å². The molecule has 0 spiro atoms. The Morgan fingerprint density at radius 1 is 0.590 bits per heavy atom. The quantitative estimate of drug-likeness (QED) is 0.0216. The van der Waals surface area contributed by atoms with Crippen molar-refractivity contribution >= 4 is 58.8 Å². The molecule has 12 N–H and O–H groups in total. The van der Waals surface area contributed by atoms with E-state index in [0.29, 0.717) is 31.2 Å². The summed E-state index contributed by atoms with van der Waals surface area (Å²) >= 11 is 0.